The van der Waals surface area contributed by atoms with Crippen LogP contribution in [0.2, 0.25) is 5.15 Å². The minimum Gasteiger partial charge on any atom is -0.359 e. The summed E-state index contributed by atoms with van der Waals surface area (Å²) < 4.78 is 0. The molecule has 0 aromatic carbocycles. The number of nitrogens with zero attached hydrogens (tertiary/aromatic N) is 3. The van der Waals surface area contributed by atoms with Crippen LogP contribution in [0.3, 0.4) is 0 Å². The summed E-state index contributed by atoms with van der Waals surface area (Å²) in [5.74, 6) is 0.754. The minimum absolute atomic E-state index is 0.00632. The van der Waals surface area contributed by atoms with Crippen molar-refractivity contribution in [3.05, 3.63) is 17.5 Å². The first kappa shape index (κ1) is 12.1. The molecule has 0 bridgehead atoms. The highest BCUT2D eigenvalue weighted by atomic mass is 35.5. The molecule has 0 saturated carbocycles. The number of aromatic nitrogens is 2. The topological polar surface area (TPSA) is 58.1 Å². The lowest BCUT2D eigenvalue weighted by Crippen LogP contribution is -2.42. The summed E-state index contributed by atoms with van der Waals surface area (Å²) in [6, 6.07) is 0. The van der Waals surface area contributed by atoms with E-state index in [1.165, 1.54) is 0 Å². The van der Waals surface area contributed by atoms with Gasteiger partial charge < -0.3 is 10.2 Å². The molecule has 6 heteroatoms. The van der Waals surface area contributed by atoms with Crippen molar-refractivity contribution < 1.29 is 4.79 Å². The van der Waals surface area contributed by atoms with Crippen molar-refractivity contribution in [2.75, 3.05) is 25.0 Å². The zero-order chi connectivity index (χ0) is 12.3. The van der Waals surface area contributed by atoms with E-state index >= 15 is 0 Å². The Labute approximate surface area is 105 Å². The molecular weight excluding hydrogens is 240 g/mol. The van der Waals surface area contributed by atoms with Gasteiger partial charge in [-0.15, -0.1) is 0 Å². The molecule has 2 heterocycles. The van der Waals surface area contributed by atoms with E-state index in [2.05, 4.69) is 15.3 Å². The predicted octanol–water partition coefficient (Wildman–Crippen LogP) is 1.09. The van der Waals surface area contributed by atoms with Gasteiger partial charge in [0.05, 0.1) is 5.92 Å². The summed E-state index contributed by atoms with van der Waals surface area (Å²) in [6.45, 7) is 1.52. The molecule has 0 spiro atoms. The van der Waals surface area contributed by atoms with Crippen molar-refractivity contribution in [2.24, 2.45) is 5.92 Å². The maximum absolute atomic E-state index is 11.6. The fourth-order valence-electron chi connectivity index (χ4n) is 2.11. The number of rotatable bonds is 2. The number of nitrogens with one attached hydrogen (secondary N) is 1. The molecule has 1 aliphatic heterocycles. The van der Waals surface area contributed by atoms with Gasteiger partial charge in [-0.2, -0.15) is 0 Å². The summed E-state index contributed by atoms with van der Waals surface area (Å²) >= 11 is 6.00. The third-order valence-corrected chi connectivity index (χ3v) is 3.24. The fourth-order valence-corrected chi connectivity index (χ4v) is 2.34. The monoisotopic (exact) mass is 254 g/mol. The van der Waals surface area contributed by atoms with E-state index in [4.69, 9.17) is 11.6 Å². The molecule has 5 nitrogen and oxygen atoms in total. The Morgan fingerprint density at radius 1 is 1.53 bits per heavy atom. The predicted molar refractivity (Wildman–Crippen MR) is 66.0 cm³/mol. The van der Waals surface area contributed by atoms with Crippen molar-refractivity contribution >= 4 is 23.3 Å². The van der Waals surface area contributed by atoms with Crippen LogP contribution < -0.4 is 10.2 Å². The van der Waals surface area contributed by atoms with E-state index < -0.39 is 0 Å². The number of carbonyl (C=O) groups is 1. The van der Waals surface area contributed by atoms with Crippen LogP contribution in [0, 0.1) is 5.92 Å². The number of anilines is 1. The van der Waals surface area contributed by atoms with Crippen LogP contribution >= 0.6 is 11.6 Å². The molecule has 1 N–H and O–H groups in total. The van der Waals surface area contributed by atoms with Crippen molar-refractivity contribution in [3.8, 4) is 0 Å². The summed E-state index contributed by atoms with van der Waals surface area (Å²) in [5.41, 5.74) is 0. The third kappa shape index (κ3) is 2.66. The first-order valence-corrected chi connectivity index (χ1v) is 6.03. The zero-order valence-electron chi connectivity index (χ0n) is 9.69. The van der Waals surface area contributed by atoms with Crippen LogP contribution in [0.4, 0.5) is 5.82 Å². The first-order chi connectivity index (χ1) is 8.22. The summed E-state index contributed by atoms with van der Waals surface area (Å²) in [5, 5.41) is 3.08. The molecule has 1 aromatic heterocycles. The van der Waals surface area contributed by atoms with Crippen LogP contribution in [0.15, 0.2) is 12.4 Å². The van der Waals surface area contributed by atoms with Crippen molar-refractivity contribution in [1.82, 2.24) is 15.3 Å². The maximum atomic E-state index is 11.6. The van der Waals surface area contributed by atoms with Crippen LogP contribution in [0.25, 0.3) is 0 Å². The van der Waals surface area contributed by atoms with E-state index in [-0.39, 0.29) is 11.8 Å². The number of piperidine rings is 1. The average molecular weight is 255 g/mol. The van der Waals surface area contributed by atoms with Gasteiger partial charge in [0.25, 0.3) is 0 Å². The van der Waals surface area contributed by atoms with Gasteiger partial charge in [0, 0.05) is 32.5 Å². The van der Waals surface area contributed by atoms with Crippen LogP contribution in [-0.2, 0) is 4.79 Å². The van der Waals surface area contributed by atoms with Crippen molar-refractivity contribution in [3.63, 3.8) is 0 Å². The molecule has 0 radical (unpaired) electrons. The molecule has 2 rings (SSSR count). The van der Waals surface area contributed by atoms with E-state index in [1.807, 2.05) is 4.90 Å². The Hall–Kier alpha value is -1.36. The SMILES string of the molecule is CNC(=O)C1CCCN(c2nccnc2Cl)C1. The Kier molecular flexibility index (Phi) is 3.78. The van der Waals surface area contributed by atoms with Gasteiger partial charge in [-0.3, -0.25) is 4.79 Å². The number of carbonyl (C=O) groups excluding carboxylic acids is 1. The fraction of sp³-hybridized carbons (Fsp3) is 0.545. The summed E-state index contributed by atoms with van der Waals surface area (Å²) in [7, 11) is 1.66. The summed E-state index contributed by atoms with van der Waals surface area (Å²) in [6.07, 6.45) is 5.05. The van der Waals surface area contributed by atoms with Gasteiger partial charge in [0.15, 0.2) is 11.0 Å². The smallest absolute Gasteiger partial charge is 0.224 e. The van der Waals surface area contributed by atoms with Crippen LogP contribution in [0.1, 0.15) is 12.8 Å². The van der Waals surface area contributed by atoms with Crippen LogP contribution in [-0.4, -0.2) is 36.0 Å². The van der Waals surface area contributed by atoms with Gasteiger partial charge in [-0.25, -0.2) is 9.97 Å². The number of hydrogen-bond acceptors (Lipinski definition) is 4. The second kappa shape index (κ2) is 5.31. The molecule has 1 aliphatic rings. The first-order valence-electron chi connectivity index (χ1n) is 5.65. The molecule has 1 aromatic rings. The molecule has 1 amide bonds. The standard InChI is InChI=1S/C11H15ClN4O/c1-13-11(17)8-3-2-6-16(7-8)10-9(12)14-4-5-15-10/h4-5,8H,2-3,6-7H2,1H3,(H,13,17). The lowest BCUT2D eigenvalue weighted by atomic mass is 9.97. The average Bonchev–Trinajstić information content (AvgIpc) is 2.38. The highest BCUT2D eigenvalue weighted by Gasteiger charge is 2.26. The number of hydrogen-bond donors (Lipinski definition) is 1. The highest BCUT2D eigenvalue weighted by Crippen LogP contribution is 2.25. The lowest BCUT2D eigenvalue weighted by Gasteiger charge is -2.32. The molecule has 0 aliphatic carbocycles. The number of halogens is 1. The minimum atomic E-state index is 0.00632. The summed E-state index contributed by atoms with van der Waals surface area (Å²) in [4.78, 5) is 21.9. The Morgan fingerprint density at radius 3 is 3.00 bits per heavy atom. The van der Waals surface area contributed by atoms with Gasteiger partial charge in [0.1, 0.15) is 0 Å². The lowest BCUT2D eigenvalue weighted by molar-refractivity contribution is -0.124. The zero-order valence-corrected chi connectivity index (χ0v) is 10.4. The van der Waals surface area contributed by atoms with Crippen LogP contribution in [0.5, 0.6) is 0 Å². The molecule has 1 saturated heterocycles. The van der Waals surface area contributed by atoms with E-state index in [1.54, 1.807) is 19.4 Å². The third-order valence-electron chi connectivity index (χ3n) is 2.97. The molecular formula is C11H15ClN4O. The number of amides is 1. The van der Waals surface area contributed by atoms with Gasteiger partial charge in [-0.1, -0.05) is 11.6 Å². The molecule has 92 valence electrons. The van der Waals surface area contributed by atoms with E-state index in [9.17, 15) is 4.79 Å². The second-order valence-corrected chi connectivity index (χ2v) is 4.43. The van der Waals surface area contributed by atoms with Gasteiger partial charge in [-0.05, 0) is 12.8 Å². The largest absolute Gasteiger partial charge is 0.359 e. The maximum Gasteiger partial charge on any atom is 0.224 e. The Balaban J connectivity index is 2.12. The normalized spacial score (nSPS) is 20.1. The molecule has 1 atom stereocenters. The van der Waals surface area contributed by atoms with E-state index in [0.717, 1.165) is 19.4 Å². The second-order valence-electron chi connectivity index (χ2n) is 4.07. The molecule has 17 heavy (non-hydrogen) atoms. The highest BCUT2D eigenvalue weighted by molar-refractivity contribution is 6.31. The van der Waals surface area contributed by atoms with Gasteiger partial charge in [0.2, 0.25) is 5.91 Å². The van der Waals surface area contributed by atoms with Gasteiger partial charge >= 0.3 is 0 Å². The Morgan fingerprint density at radius 2 is 2.29 bits per heavy atom. The molecule has 1 unspecified atom stereocenters. The van der Waals surface area contributed by atoms with E-state index in [0.29, 0.717) is 17.5 Å². The quantitative estimate of drug-likeness (QED) is 0.859. The van der Waals surface area contributed by atoms with Crippen molar-refractivity contribution in [1.29, 1.82) is 0 Å². The van der Waals surface area contributed by atoms with Crippen molar-refractivity contribution in [2.45, 2.75) is 12.8 Å². The molecule has 1 fully saturated rings. The Bertz CT molecular complexity index is 412.